The maximum absolute atomic E-state index is 15.0. The van der Waals surface area contributed by atoms with Crippen molar-refractivity contribution in [2.24, 2.45) is 0 Å². The van der Waals surface area contributed by atoms with Gasteiger partial charge in [-0.1, -0.05) is 66.7 Å². The van der Waals surface area contributed by atoms with Crippen molar-refractivity contribution in [3.8, 4) is 0 Å². The van der Waals surface area contributed by atoms with Gasteiger partial charge in [-0.3, -0.25) is 13.9 Å². The van der Waals surface area contributed by atoms with Gasteiger partial charge in [0.1, 0.15) is 24.2 Å². The highest BCUT2D eigenvalue weighted by atomic mass is 32.2. The van der Waals surface area contributed by atoms with Crippen LogP contribution in [0.15, 0.2) is 114 Å². The highest BCUT2D eigenvalue weighted by Gasteiger charge is 2.36. The van der Waals surface area contributed by atoms with E-state index in [1.54, 1.807) is 45.0 Å². The third-order valence-corrected chi connectivity index (χ3v) is 8.58. The van der Waals surface area contributed by atoms with Crippen molar-refractivity contribution in [1.29, 1.82) is 0 Å². The summed E-state index contributed by atoms with van der Waals surface area (Å²) in [6.45, 7) is 4.42. The number of anilines is 1. The predicted molar refractivity (Wildman–Crippen MR) is 166 cm³/mol. The van der Waals surface area contributed by atoms with E-state index in [1.807, 2.05) is 30.3 Å². The SMILES string of the molecule is CC(C)(C)NC(=O)[C@@H](Cc1ccccc1)N(Cc1ccccc1F)C(=O)CN(c1ccccc1)S(=O)(=O)c1ccc(F)cc1. The molecule has 4 aromatic carbocycles. The Morgan fingerprint density at radius 3 is 1.95 bits per heavy atom. The van der Waals surface area contributed by atoms with Crippen molar-refractivity contribution in [2.45, 2.75) is 50.2 Å². The lowest BCUT2D eigenvalue weighted by Gasteiger charge is -2.35. The van der Waals surface area contributed by atoms with Gasteiger partial charge in [-0.25, -0.2) is 17.2 Å². The fourth-order valence-electron chi connectivity index (χ4n) is 4.67. The Hall–Kier alpha value is -4.57. The Labute approximate surface area is 257 Å². The molecule has 0 aliphatic heterocycles. The van der Waals surface area contributed by atoms with Crippen LogP contribution in [0.25, 0.3) is 0 Å². The van der Waals surface area contributed by atoms with E-state index in [4.69, 9.17) is 0 Å². The van der Waals surface area contributed by atoms with Crippen molar-refractivity contribution in [2.75, 3.05) is 10.8 Å². The molecule has 0 aromatic heterocycles. The maximum Gasteiger partial charge on any atom is 0.264 e. The van der Waals surface area contributed by atoms with Gasteiger partial charge >= 0.3 is 0 Å². The van der Waals surface area contributed by atoms with E-state index in [-0.39, 0.29) is 29.1 Å². The Balaban J connectivity index is 1.81. The zero-order valence-corrected chi connectivity index (χ0v) is 25.6. The minimum Gasteiger partial charge on any atom is -0.350 e. The van der Waals surface area contributed by atoms with E-state index in [0.717, 1.165) is 34.1 Å². The average Bonchev–Trinajstić information content (AvgIpc) is 2.98. The number of amides is 2. The van der Waals surface area contributed by atoms with Crippen LogP contribution in [0.5, 0.6) is 0 Å². The molecular weight excluding hydrogens is 584 g/mol. The summed E-state index contributed by atoms with van der Waals surface area (Å²) < 4.78 is 57.3. The Morgan fingerprint density at radius 2 is 1.36 bits per heavy atom. The number of carbonyl (C=O) groups is 2. The molecule has 0 heterocycles. The summed E-state index contributed by atoms with van der Waals surface area (Å²) in [5.41, 5.74) is 0.456. The second-order valence-electron chi connectivity index (χ2n) is 11.4. The normalized spacial score (nSPS) is 12.3. The second kappa shape index (κ2) is 13.8. The molecule has 44 heavy (non-hydrogen) atoms. The van der Waals surface area contributed by atoms with Gasteiger partial charge < -0.3 is 10.2 Å². The van der Waals surface area contributed by atoms with E-state index < -0.39 is 51.6 Å². The van der Waals surface area contributed by atoms with Crippen molar-refractivity contribution >= 4 is 27.5 Å². The number of halogens is 2. The summed E-state index contributed by atoms with van der Waals surface area (Å²) in [7, 11) is -4.37. The van der Waals surface area contributed by atoms with E-state index in [2.05, 4.69) is 5.32 Å². The zero-order valence-electron chi connectivity index (χ0n) is 24.8. The number of hydrogen-bond donors (Lipinski definition) is 1. The van der Waals surface area contributed by atoms with Crippen LogP contribution in [-0.2, 0) is 32.6 Å². The fraction of sp³-hybridized carbons (Fsp3) is 0.235. The lowest BCUT2D eigenvalue weighted by Crippen LogP contribution is -2.56. The molecule has 0 saturated heterocycles. The van der Waals surface area contributed by atoms with Crippen LogP contribution >= 0.6 is 0 Å². The molecule has 4 aromatic rings. The molecule has 4 rings (SSSR count). The van der Waals surface area contributed by atoms with Crippen LogP contribution in [0.2, 0.25) is 0 Å². The molecule has 0 bridgehead atoms. The highest BCUT2D eigenvalue weighted by Crippen LogP contribution is 2.25. The first-order chi connectivity index (χ1) is 20.8. The first-order valence-electron chi connectivity index (χ1n) is 14.1. The number of carbonyl (C=O) groups excluding carboxylic acids is 2. The van der Waals surface area contributed by atoms with Crippen LogP contribution in [0.1, 0.15) is 31.9 Å². The van der Waals surface area contributed by atoms with Gasteiger partial charge in [-0.2, -0.15) is 0 Å². The molecule has 0 spiro atoms. The van der Waals surface area contributed by atoms with Crippen LogP contribution in [0.4, 0.5) is 14.5 Å². The Kier molecular flexibility index (Phi) is 10.2. The maximum atomic E-state index is 15.0. The van der Waals surface area contributed by atoms with E-state index in [1.165, 1.54) is 35.2 Å². The number of nitrogens with zero attached hydrogens (tertiary/aromatic N) is 2. The molecule has 0 fully saturated rings. The summed E-state index contributed by atoms with van der Waals surface area (Å²) in [6, 6.07) is 26.2. The van der Waals surface area contributed by atoms with Gasteiger partial charge in [0.05, 0.1) is 10.6 Å². The van der Waals surface area contributed by atoms with E-state index >= 15 is 0 Å². The molecule has 0 saturated carbocycles. The Morgan fingerprint density at radius 1 is 0.795 bits per heavy atom. The summed E-state index contributed by atoms with van der Waals surface area (Å²) in [5.74, 6) is -2.39. The number of para-hydroxylation sites is 1. The van der Waals surface area contributed by atoms with Crippen LogP contribution in [0.3, 0.4) is 0 Å². The van der Waals surface area contributed by atoms with Gasteiger partial charge in [0.15, 0.2) is 0 Å². The van der Waals surface area contributed by atoms with E-state index in [9.17, 15) is 26.8 Å². The molecule has 1 N–H and O–H groups in total. The average molecular weight is 620 g/mol. The van der Waals surface area contributed by atoms with Gasteiger partial charge in [0, 0.05) is 24.1 Å². The van der Waals surface area contributed by atoms with Crippen molar-refractivity contribution in [1.82, 2.24) is 10.2 Å². The second-order valence-corrected chi connectivity index (χ2v) is 13.2. The first-order valence-corrected chi connectivity index (χ1v) is 15.5. The quantitative estimate of drug-likeness (QED) is 0.233. The monoisotopic (exact) mass is 619 g/mol. The van der Waals surface area contributed by atoms with Crippen molar-refractivity contribution in [3.05, 3.63) is 132 Å². The van der Waals surface area contributed by atoms with Gasteiger partial charge in [-0.15, -0.1) is 0 Å². The standard InChI is InChI=1S/C34H35F2N3O4S/c1-34(2,3)37-33(41)31(22-25-12-6-4-7-13-25)38(23-26-14-10-11-17-30(26)36)32(40)24-39(28-15-8-5-9-16-28)44(42,43)29-20-18-27(35)19-21-29/h4-21,31H,22-24H2,1-3H3,(H,37,41)/t31-/m1/s1. The molecule has 7 nitrogen and oxygen atoms in total. The number of benzene rings is 4. The molecule has 1 atom stereocenters. The smallest absolute Gasteiger partial charge is 0.264 e. The lowest BCUT2D eigenvalue weighted by atomic mass is 10.0. The largest absolute Gasteiger partial charge is 0.350 e. The minimum absolute atomic E-state index is 0.0962. The summed E-state index contributed by atoms with van der Waals surface area (Å²) in [5, 5.41) is 2.93. The van der Waals surface area contributed by atoms with Gasteiger partial charge in [0.25, 0.3) is 10.0 Å². The summed E-state index contributed by atoms with van der Waals surface area (Å²) in [6.07, 6.45) is 0.0962. The van der Waals surface area contributed by atoms with Crippen molar-refractivity contribution in [3.63, 3.8) is 0 Å². The van der Waals surface area contributed by atoms with Crippen LogP contribution < -0.4 is 9.62 Å². The molecule has 230 valence electrons. The minimum atomic E-state index is -4.37. The molecule has 0 aliphatic carbocycles. The van der Waals surface area contributed by atoms with Crippen molar-refractivity contribution < 1.29 is 26.8 Å². The molecule has 10 heteroatoms. The van der Waals surface area contributed by atoms with Crippen LogP contribution in [-0.4, -0.2) is 43.3 Å². The Bertz CT molecular complexity index is 1680. The summed E-state index contributed by atoms with van der Waals surface area (Å²) >= 11 is 0. The molecule has 0 radical (unpaired) electrons. The zero-order chi connectivity index (χ0) is 31.9. The predicted octanol–water partition coefficient (Wildman–Crippen LogP) is 5.71. The van der Waals surface area contributed by atoms with E-state index in [0.29, 0.717) is 0 Å². The number of nitrogens with one attached hydrogen (secondary N) is 1. The highest BCUT2D eigenvalue weighted by molar-refractivity contribution is 7.92. The number of hydrogen-bond acceptors (Lipinski definition) is 4. The van der Waals surface area contributed by atoms with Gasteiger partial charge in [0.2, 0.25) is 11.8 Å². The molecular formula is C34H35F2N3O4S. The first kappa shape index (κ1) is 32.3. The molecule has 0 aliphatic rings. The third-order valence-electron chi connectivity index (χ3n) is 6.79. The van der Waals surface area contributed by atoms with Crippen LogP contribution in [0, 0.1) is 11.6 Å². The molecule has 2 amide bonds. The van der Waals surface area contributed by atoms with Gasteiger partial charge in [-0.05, 0) is 68.8 Å². The topological polar surface area (TPSA) is 86.8 Å². The lowest BCUT2D eigenvalue weighted by molar-refractivity contribution is -0.140. The summed E-state index contributed by atoms with van der Waals surface area (Å²) in [4.78, 5) is 29.2. The molecule has 0 unspecified atom stereocenters. The number of sulfonamides is 1. The third kappa shape index (κ3) is 8.29. The number of rotatable bonds is 11. The fourth-order valence-corrected chi connectivity index (χ4v) is 6.09.